The van der Waals surface area contributed by atoms with Gasteiger partial charge in [0.15, 0.2) is 0 Å². The molecule has 0 saturated heterocycles. The van der Waals surface area contributed by atoms with E-state index in [0.29, 0.717) is 6.54 Å². The lowest BCUT2D eigenvalue weighted by atomic mass is 10.3. The SMILES string of the molecule is CCCCN(CC)CCOP(=O)(O)O. The fourth-order valence-corrected chi connectivity index (χ4v) is 1.42. The Labute approximate surface area is 85.3 Å². The predicted octanol–water partition coefficient (Wildman–Crippen LogP) is 1.22. The molecule has 0 aliphatic carbocycles. The lowest BCUT2D eigenvalue weighted by Crippen LogP contribution is -2.28. The number of nitrogens with zero attached hydrogens (tertiary/aromatic N) is 1. The Morgan fingerprint density at radius 2 is 1.93 bits per heavy atom. The molecule has 0 radical (unpaired) electrons. The molecule has 0 aliphatic heterocycles. The largest absolute Gasteiger partial charge is 0.469 e. The van der Waals surface area contributed by atoms with Crippen molar-refractivity contribution in [2.24, 2.45) is 0 Å². The van der Waals surface area contributed by atoms with Crippen LogP contribution in [-0.2, 0) is 9.09 Å². The van der Waals surface area contributed by atoms with Crippen LogP contribution in [0.4, 0.5) is 0 Å². The maximum absolute atomic E-state index is 10.4. The third-order valence-electron chi connectivity index (χ3n) is 1.94. The van der Waals surface area contributed by atoms with Crippen LogP contribution in [0.3, 0.4) is 0 Å². The standard InChI is InChI=1S/C8H20NO4P/c1-3-5-6-9(4-2)7-8-13-14(10,11)12/h3-8H2,1-2H3,(H2,10,11,12). The van der Waals surface area contributed by atoms with Crippen molar-refractivity contribution in [1.29, 1.82) is 0 Å². The Kier molecular flexibility index (Phi) is 7.41. The van der Waals surface area contributed by atoms with Gasteiger partial charge < -0.3 is 14.7 Å². The Balaban J connectivity index is 3.57. The Bertz CT molecular complexity index is 182. The normalized spacial score (nSPS) is 12.4. The third kappa shape index (κ3) is 8.66. The van der Waals surface area contributed by atoms with Gasteiger partial charge in [0.2, 0.25) is 0 Å². The molecule has 5 nitrogen and oxygen atoms in total. The molecule has 0 saturated carbocycles. The summed E-state index contributed by atoms with van der Waals surface area (Å²) in [6.45, 7) is 6.62. The van der Waals surface area contributed by atoms with E-state index in [2.05, 4.69) is 16.3 Å². The summed E-state index contributed by atoms with van der Waals surface area (Å²) in [5.74, 6) is 0. The lowest BCUT2D eigenvalue weighted by Gasteiger charge is -2.19. The molecule has 0 unspecified atom stereocenters. The number of rotatable bonds is 8. The minimum atomic E-state index is -4.28. The number of phosphoric ester groups is 1. The topological polar surface area (TPSA) is 70.0 Å². The monoisotopic (exact) mass is 225 g/mol. The molecule has 86 valence electrons. The van der Waals surface area contributed by atoms with Crippen LogP contribution < -0.4 is 0 Å². The molecule has 6 heteroatoms. The molecule has 0 aromatic rings. The van der Waals surface area contributed by atoms with Crippen LogP contribution in [-0.4, -0.2) is 40.9 Å². The van der Waals surface area contributed by atoms with E-state index in [0.717, 1.165) is 25.9 Å². The van der Waals surface area contributed by atoms with Crippen LogP contribution in [0.5, 0.6) is 0 Å². The van der Waals surface area contributed by atoms with Gasteiger partial charge >= 0.3 is 7.82 Å². The number of hydrogen-bond acceptors (Lipinski definition) is 3. The number of hydrogen-bond donors (Lipinski definition) is 2. The van der Waals surface area contributed by atoms with E-state index in [1.165, 1.54) is 0 Å². The molecule has 14 heavy (non-hydrogen) atoms. The second-order valence-electron chi connectivity index (χ2n) is 3.11. The van der Waals surface area contributed by atoms with Gasteiger partial charge in [0, 0.05) is 6.54 Å². The van der Waals surface area contributed by atoms with Gasteiger partial charge in [-0.1, -0.05) is 20.3 Å². The van der Waals surface area contributed by atoms with Gasteiger partial charge in [-0.25, -0.2) is 4.57 Å². The summed E-state index contributed by atoms with van der Waals surface area (Å²) >= 11 is 0. The number of phosphoric acid groups is 1. The Morgan fingerprint density at radius 1 is 1.29 bits per heavy atom. The van der Waals surface area contributed by atoms with Gasteiger partial charge in [-0.3, -0.25) is 4.52 Å². The maximum Gasteiger partial charge on any atom is 0.469 e. The minimum absolute atomic E-state index is 0.0852. The first-order valence-electron chi connectivity index (χ1n) is 4.92. The van der Waals surface area contributed by atoms with Crippen LogP contribution in [0.1, 0.15) is 26.7 Å². The first-order valence-corrected chi connectivity index (χ1v) is 6.45. The summed E-state index contributed by atoms with van der Waals surface area (Å²) in [4.78, 5) is 19.0. The maximum atomic E-state index is 10.4. The van der Waals surface area contributed by atoms with Crippen LogP contribution in [0.15, 0.2) is 0 Å². The average molecular weight is 225 g/mol. The highest BCUT2D eigenvalue weighted by Crippen LogP contribution is 2.35. The Hall–Kier alpha value is 0.0700. The highest BCUT2D eigenvalue weighted by atomic mass is 31.2. The van der Waals surface area contributed by atoms with Crippen molar-refractivity contribution < 1.29 is 18.9 Å². The lowest BCUT2D eigenvalue weighted by molar-refractivity contribution is 0.163. The van der Waals surface area contributed by atoms with E-state index in [1.807, 2.05) is 6.92 Å². The fourth-order valence-electron chi connectivity index (χ4n) is 1.10. The molecule has 0 spiro atoms. The van der Waals surface area contributed by atoms with Gasteiger partial charge in [0.05, 0.1) is 6.61 Å². The van der Waals surface area contributed by atoms with Crippen molar-refractivity contribution >= 4 is 7.82 Å². The zero-order chi connectivity index (χ0) is 11.0. The summed E-state index contributed by atoms with van der Waals surface area (Å²) in [7, 11) is -4.28. The second kappa shape index (κ2) is 7.37. The molecule has 0 bridgehead atoms. The van der Waals surface area contributed by atoms with E-state index in [4.69, 9.17) is 9.79 Å². The highest BCUT2D eigenvalue weighted by molar-refractivity contribution is 7.46. The van der Waals surface area contributed by atoms with Crippen LogP contribution in [0, 0.1) is 0 Å². The highest BCUT2D eigenvalue weighted by Gasteiger charge is 2.13. The van der Waals surface area contributed by atoms with Crippen molar-refractivity contribution in [1.82, 2.24) is 4.90 Å². The quantitative estimate of drug-likeness (QED) is 0.608. The molecule has 2 N–H and O–H groups in total. The first kappa shape index (κ1) is 14.1. The summed E-state index contributed by atoms with van der Waals surface area (Å²) in [6, 6.07) is 0. The molecular weight excluding hydrogens is 205 g/mol. The zero-order valence-electron chi connectivity index (χ0n) is 8.85. The van der Waals surface area contributed by atoms with Crippen molar-refractivity contribution in [2.45, 2.75) is 26.7 Å². The smallest absolute Gasteiger partial charge is 0.303 e. The van der Waals surface area contributed by atoms with Crippen LogP contribution in [0.2, 0.25) is 0 Å². The van der Waals surface area contributed by atoms with Crippen LogP contribution >= 0.6 is 7.82 Å². The second-order valence-corrected chi connectivity index (χ2v) is 4.35. The molecule has 0 aliphatic rings. The Morgan fingerprint density at radius 3 is 2.36 bits per heavy atom. The van der Waals surface area contributed by atoms with Gasteiger partial charge in [0.1, 0.15) is 0 Å². The molecule has 0 fully saturated rings. The van der Waals surface area contributed by atoms with Crippen molar-refractivity contribution in [3.8, 4) is 0 Å². The molecule has 0 amide bonds. The van der Waals surface area contributed by atoms with Gasteiger partial charge in [-0.2, -0.15) is 0 Å². The first-order chi connectivity index (χ1) is 6.49. The molecule has 0 rings (SSSR count). The molecule has 0 aromatic heterocycles. The summed E-state index contributed by atoms with van der Waals surface area (Å²) < 4.78 is 14.7. The summed E-state index contributed by atoms with van der Waals surface area (Å²) in [5, 5.41) is 0. The third-order valence-corrected chi connectivity index (χ3v) is 2.46. The molecule has 0 atom stereocenters. The molecule has 0 heterocycles. The predicted molar refractivity (Wildman–Crippen MR) is 55.0 cm³/mol. The van der Waals surface area contributed by atoms with Gasteiger partial charge in [-0.15, -0.1) is 0 Å². The fraction of sp³-hybridized carbons (Fsp3) is 1.00. The van der Waals surface area contributed by atoms with Crippen LogP contribution in [0.25, 0.3) is 0 Å². The van der Waals surface area contributed by atoms with E-state index in [9.17, 15) is 4.57 Å². The van der Waals surface area contributed by atoms with E-state index in [-0.39, 0.29) is 6.61 Å². The molecular formula is C8H20NO4P. The van der Waals surface area contributed by atoms with Crippen molar-refractivity contribution in [3.05, 3.63) is 0 Å². The minimum Gasteiger partial charge on any atom is -0.303 e. The van der Waals surface area contributed by atoms with Crippen molar-refractivity contribution in [2.75, 3.05) is 26.2 Å². The summed E-state index contributed by atoms with van der Waals surface area (Å²) in [5.41, 5.74) is 0. The van der Waals surface area contributed by atoms with Gasteiger partial charge in [0.25, 0.3) is 0 Å². The summed E-state index contributed by atoms with van der Waals surface area (Å²) in [6.07, 6.45) is 2.22. The van der Waals surface area contributed by atoms with E-state index < -0.39 is 7.82 Å². The number of likely N-dealkylation sites (N-methyl/N-ethyl adjacent to an activating group) is 1. The van der Waals surface area contributed by atoms with Gasteiger partial charge in [-0.05, 0) is 19.5 Å². The average Bonchev–Trinajstić information content (AvgIpc) is 2.09. The van der Waals surface area contributed by atoms with Crippen molar-refractivity contribution in [3.63, 3.8) is 0 Å². The molecule has 0 aromatic carbocycles. The van der Waals surface area contributed by atoms with E-state index in [1.54, 1.807) is 0 Å². The van der Waals surface area contributed by atoms with E-state index >= 15 is 0 Å². The zero-order valence-corrected chi connectivity index (χ0v) is 9.74. The number of unbranched alkanes of at least 4 members (excludes halogenated alkanes) is 1.